The van der Waals surface area contributed by atoms with Crippen molar-refractivity contribution < 1.29 is 54.0 Å². The summed E-state index contributed by atoms with van der Waals surface area (Å²) in [5, 5.41) is 13.0. The quantitative estimate of drug-likeness (QED) is 0.259. The van der Waals surface area contributed by atoms with Crippen LogP contribution in [0.1, 0.15) is 10.4 Å². The Labute approximate surface area is 187 Å². The maximum absolute atomic E-state index is 12.9. The molecule has 0 spiro atoms. The van der Waals surface area contributed by atoms with Crippen molar-refractivity contribution in [1.29, 1.82) is 0 Å². The number of hydrogen-bond acceptors (Lipinski definition) is 5. The number of anilines is 1. The SMILES string of the molecule is O=C(Nc1ccc(-c2nc3cc[c-]cc3n2O)cc1)c1[c-]cc(F)cc1.[Co].[O]=[Ni][O-]. The second-order valence-corrected chi connectivity index (χ2v) is 5.83. The van der Waals surface area contributed by atoms with E-state index < -0.39 is 20.5 Å². The van der Waals surface area contributed by atoms with Gasteiger partial charge in [-0.05, 0) is 35.3 Å². The molecule has 0 atom stereocenters. The van der Waals surface area contributed by atoms with Gasteiger partial charge in [0.15, 0.2) is 11.7 Å². The summed E-state index contributed by atoms with van der Waals surface area (Å²) in [5.41, 5.74) is 2.71. The van der Waals surface area contributed by atoms with E-state index in [4.69, 9.17) is 8.15 Å². The average Bonchev–Trinajstić information content (AvgIpc) is 3.06. The van der Waals surface area contributed by atoms with Crippen molar-refractivity contribution in [3.63, 3.8) is 0 Å². The van der Waals surface area contributed by atoms with Gasteiger partial charge in [0.2, 0.25) is 0 Å². The minimum absolute atomic E-state index is 0. The first-order chi connectivity index (χ1) is 14.0. The normalized spacial score (nSPS) is 10.1. The molecule has 0 aliphatic carbocycles. The van der Waals surface area contributed by atoms with Gasteiger partial charge in [0.05, 0.1) is 0 Å². The third-order valence-corrected chi connectivity index (χ3v) is 3.90. The number of hydrogen-bond donors (Lipinski definition) is 2. The van der Waals surface area contributed by atoms with Gasteiger partial charge in [-0.3, -0.25) is 9.37 Å². The number of carbonyl (C=O) groups is 1. The summed E-state index contributed by atoms with van der Waals surface area (Å²) in [6.45, 7) is 0. The number of carbonyl (C=O) groups excluding carboxylic acids is 1. The summed E-state index contributed by atoms with van der Waals surface area (Å²) < 4.78 is 30.5. The van der Waals surface area contributed by atoms with Gasteiger partial charge in [-0.15, -0.1) is 36.4 Å². The fraction of sp³-hybridized carbons (Fsp3) is 0. The van der Waals surface area contributed by atoms with Gasteiger partial charge in [-0.25, -0.2) is 4.73 Å². The Morgan fingerprint density at radius 2 is 1.87 bits per heavy atom. The molecule has 1 heterocycles. The molecule has 0 aliphatic rings. The maximum atomic E-state index is 12.9. The number of halogens is 1. The number of fused-ring (bicyclic) bond motifs is 1. The number of nitrogens with zero attached hydrogens (tertiary/aromatic N) is 2. The number of amides is 1. The summed E-state index contributed by atoms with van der Waals surface area (Å²) in [4.78, 5) is 16.5. The molecule has 3 aromatic carbocycles. The van der Waals surface area contributed by atoms with E-state index in [1.54, 1.807) is 42.5 Å². The first kappa shape index (κ1) is 23.4. The fourth-order valence-corrected chi connectivity index (χ4v) is 2.59. The van der Waals surface area contributed by atoms with Crippen molar-refractivity contribution in [2.75, 3.05) is 5.32 Å². The predicted octanol–water partition coefficient (Wildman–Crippen LogP) is 2.62. The van der Waals surface area contributed by atoms with Crippen LogP contribution in [0.2, 0.25) is 0 Å². The van der Waals surface area contributed by atoms with Gasteiger partial charge in [0, 0.05) is 33.8 Å². The molecule has 30 heavy (non-hydrogen) atoms. The van der Waals surface area contributed by atoms with Gasteiger partial charge < -0.3 is 15.3 Å². The van der Waals surface area contributed by atoms with Gasteiger partial charge in [0.25, 0.3) is 0 Å². The van der Waals surface area contributed by atoms with Crippen LogP contribution in [0.25, 0.3) is 22.4 Å². The number of nitrogens with one attached hydrogen (secondary N) is 1. The Hall–Kier alpha value is -2.91. The molecule has 2 N–H and O–H groups in total. The second kappa shape index (κ2) is 10.7. The van der Waals surface area contributed by atoms with Gasteiger partial charge in [0.1, 0.15) is 0 Å². The first-order valence-electron chi connectivity index (χ1n) is 8.04. The molecule has 10 heteroatoms. The predicted molar refractivity (Wildman–Crippen MR) is 95.1 cm³/mol. The number of imidazole rings is 1. The van der Waals surface area contributed by atoms with Gasteiger partial charge in [-0.2, -0.15) is 12.1 Å². The average molecular weight is 495 g/mol. The summed E-state index contributed by atoms with van der Waals surface area (Å²) in [6, 6.07) is 21.2. The molecule has 4 rings (SSSR count). The van der Waals surface area contributed by atoms with Crippen molar-refractivity contribution in [3.05, 3.63) is 84.2 Å². The molecule has 160 valence electrons. The molecule has 1 radical (unpaired) electrons. The van der Waals surface area contributed by atoms with Crippen molar-refractivity contribution in [2.24, 2.45) is 0 Å². The molecule has 7 nitrogen and oxygen atoms in total. The van der Waals surface area contributed by atoms with E-state index in [1.807, 2.05) is 0 Å². The number of aromatic nitrogens is 2. The van der Waals surface area contributed by atoms with E-state index in [2.05, 4.69) is 22.4 Å². The number of benzene rings is 3. The Morgan fingerprint density at radius 1 is 1.17 bits per heavy atom. The van der Waals surface area contributed by atoms with Crippen LogP contribution in [0.3, 0.4) is 0 Å². The van der Waals surface area contributed by atoms with Crippen LogP contribution < -0.4 is 9.57 Å². The topological polar surface area (TPSA) is 107 Å². The van der Waals surface area contributed by atoms with Crippen LogP contribution in [0.15, 0.2) is 60.7 Å². The summed E-state index contributed by atoms with van der Waals surface area (Å²) in [6.07, 6.45) is 0. The third kappa shape index (κ3) is 5.37. The van der Waals surface area contributed by atoms with Crippen LogP contribution in [-0.4, -0.2) is 20.8 Å². The molecular formula is C20H12CoFN3NiO4-3. The van der Waals surface area contributed by atoms with E-state index in [0.717, 1.165) is 10.8 Å². The van der Waals surface area contributed by atoms with Crippen LogP contribution in [0, 0.1) is 17.9 Å². The standard InChI is InChI=1S/C20H12FN3O2.Co.Ni.2O/c21-15-9-5-14(6-10-15)20(25)22-16-11-7-13(8-12-16)19-23-17-3-1-2-4-18(17)24(19)26;;;;/h1,3-5,7-12,26H,(H,22,25);;;;/q-2;;;;-1. The van der Waals surface area contributed by atoms with E-state index in [9.17, 15) is 14.4 Å². The molecule has 0 aliphatic heterocycles. The van der Waals surface area contributed by atoms with E-state index in [-0.39, 0.29) is 28.2 Å². The summed E-state index contributed by atoms with van der Waals surface area (Å²) in [5.74, 6) is -0.442. The van der Waals surface area contributed by atoms with Crippen molar-refractivity contribution in [2.45, 2.75) is 0 Å². The van der Waals surface area contributed by atoms with Gasteiger partial charge >= 0.3 is 22.8 Å². The number of rotatable bonds is 3. The molecule has 0 unspecified atom stereocenters. The molecule has 0 bridgehead atoms. The zero-order chi connectivity index (χ0) is 20.8. The summed E-state index contributed by atoms with van der Waals surface area (Å²) >= 11 is -0.875. The zero-order valence-corrected chi connectivity index (χ0v) is 16.9. The van der Waals surface area contributed by atoms with Crippen LogP contribution in [0.4, 0.5) is 10.1 Å². The minimum atomic E-state index is -0.875. The molecule has 0 saturated heterocycles. The second-order valence-electron chi connectivity index (χ2n) is 5.67. The van der Waals surface area contributed by atoms with Gasteiger partial charge in [-0.1, -0.05) is 5.56 Å². The van der Waals surface area contributed by atoms with E-state index in [0.29, 0.717) is 28.1 Å². The zero-order valence-electron chi connectivity index (χ0n) is 14.9. The molecule has 0 saturated carbocycles. The summed E-state index contributed by atoms with van der Waals surface area (Å²) in [7, 11) is 0. The molecular weight excluding hydrogens is 483 g/mol. The molecule has 1 aromatic heterocycles. The van der Waals surface area contributed by atoms with Crippen LogP contribution in [-0.2, 0) is 35.4 Å². The Balaban J connectivity index is 0.000000757. The Bertz CT molecular complexity index is 1150. The van der Waals surface area contributed by atoms with E-state index >= 15 is 0 Å². The van der Waals surface area contributed by atoms with Crippen molar-refractivity contribution in [1.82, 2.24) is 9.71 Å². The molecule has 0 fully saturated rings. The van der Waals surface area contributed by atoms with E-state index in [1.165, 1.54) is 12.1 Å². The fourth-order valence-electron chi connectivity index (χ4n) is 2.59. The third-order valence-electron chi connectivity index (χ3n) is 3.90. The molecule has 1 amide bonds. The van der Waals surface area contributed by atoms with Crippen LogP contribution in [0.5, 0.6) is 0 Å². The van der Waals surface area contributed by atoms with Crippen molar-refractivity contribution in [3.8, 4) is 11.4 Å². The van der Waals surface area contributed by atoms with Crippen molar-refractivity contribution >= 4 is 22.6 Å². The molecule has 4 aromatic rings. The monoisotopic (exact) mass is 494 g/mol. The first-order valence-corrected chi connectivity index (χ1v) is 8.85. The van der Waals surface area contributed by atoms with Crippen LogP contribution >= 0.6 is 0 Å². The Morgan fingerprint density at radius 3 is 2.47 bits per heavy atom. The Kier molecular flexibility index (Phi) is 8.37.